The predicted molar refractivity (Wildman–Crippen MR) is 151 cm³/mol. The normalized spacial score (nSPS) is 10.2. The molecule has 0 aromatic heterocycles. The quantitative estimate of drug-likeness (QED) is 0.380. The van der Waals surface area contributed by atoms with Crippen LogP contribution < -0.4 is 0 Å². The molecule has 0 radical (unpaired) electrons. The molecule has 2 rings (SSSR count). The standard InChI is InChI=1S/C19H22.C9H16.2C2H6/c1-5-6-16-7-9-17(10-8-16)18-11-12-19(14(2)3)15(4)13-18;1-6-8(4)9(5)7(2)3;2*1-2/h7-13H,2,5-6H2,1,3-4H3;9H,2,4,6H2,1,3,5H3;2*1-2H3. The van der Waals surface area contributed by atoms with Crippen LogP contribution in [0, 0.1) is 12.8 Å². The van der Waals surface area contributed by atoms with Crippen molar-refractivity contribution in [2.45, 2.75) is 88.5 Å². The monoisotopic (exact) mass is 434 g/mol. The van der Waals surface area contributed by atoms with Crippen LogP contribution in [0.15, 0.2) is 73.3 Å². The predicted octanol–water partition coefficient (Wildman–Crippen LogP) is 10.9. The van der Waals surface area contributed by atoms with Crippen molar-refractivity contribution in [3.05, 3.63) is 90.0 Å². The molecule has 0 heterocycles. The van der Waals surface area contributed by atoms with Crippen LogP contribution in [0.3, 0.4) is 0 Å². The van der Waals surface area contributed by atoms with Gasteiger partial charge in [-0.25, -0.2) is 0 Å². The Morgan fingerprint density at radius 3 is 1.66 bits per heavy atom. The summed E-state index contributed by atoms with van der Waals surface area (Å²) in [5.74, 6) is 0.495. The van der Waals surface area contributed by atoms with Gasteiger partial charge in [0.1, 0.15) is 0 Å². The highest BCUT2D eigenvalue weighted by molar-refractivity contribution is 5.71. The van der Waals surface area contributed by atoms with Crippen molar-refractivity contribution in [2.24, 2.45) is 5.92 Å². The molecule has 32 heavy (non-hydrogen) atoms. The average molecular weight is 435 g/mol. The van der Waals surface area contributed by atoms with Crippen LogP contribution in [0.1, 0.15) is 91.8 Å². The molecule has 0 fully saturated rings. The Hall–Kier alpha value is -2.34. The molecule has 0 aliphatic heterocycles. The lowest BCUT2D eigenvalue weighted by atomic mass is 9.95. The van der Waals surface area contributed by atoms with Gasteiger partial charge in [-0.2, -0.15) is 0 Å². The summed E-state index contributed by atoms with van der Waals surface area (Å²) < 4.78 is 0. The van der Waals surface area contributed by atoms with Crippen LogP contribution >= 0.6 is 0 Å². The summed E-state index contributed by atoms with van der Waals surface area (Å²) in [4.78, 5) is 0. The maximum Gasteiger partial charge on any atom is -0.00297 e. The Bertz CT molecular complexity index is 802. The minimum atomic E-state index is 0.495. The zero-order valence-electron chi connectivity index (χ0n) is 22.9. The van der Waals surface area contributed by atoms with E-state index in [0.29, 0.717) is 5.92 Å². The second-order valence-electron chi connectivity index (χ2n) is 7.84. The second kappa shape index (κ2) is 18.3. The summed E-state index contributed by atoms with van der Waals surface area (Å²) in [5, 5.41) is 0. The van der Waals surface area contributed by atoms with Gasteiger partial charge in [0.25, 0.3) is 0 Å². The molecule has 1 atom stereocenters. The van der Waals surface area contributed by atoms with Gasteiger partial charge in [0.15, 0.2) is 0 Å². The van der Waals surface area contributed by atoms with Gasteiger partial charge in [-0.3, -0.25) is 0 Å². The first-order valence-electron chi connectivity index (χ1n) is 12.4. The summed E-state index contributed by atoms with van der Waals surface area (Å²) in [6, 6.07) is 15.5. The molecule has 0 saturated heterocycles. The Balaban J connectivity index is 0. The smallest absolute Gasteiger partial charge is 0.00297 e. The fourth-order valence-corrected chi connectivity index (χ4v) is 3.13. The van der Waals surface area contributed by atoms with Crippen LogP contribution in [0.25, 0.3) is 16.7 Å². The van der Waals surface area contributed by atoms with Crippen LogP contribution in [0.5, 0.6) is 0 Å². The topological polar surface area (TPSA) is 0 Å². The first-order chi connectivity index (χ1) is 15.2. The SMILES string of the molecule is C=C(C)C(C)C(=C)CC.C=C(C)c1ccc(-c2ccc(CCC)cc2)cc1C.CC.CC. The van der Waals surface area contributed by atoms with Gasteiger partial charge in [-0.1, -0.05) is 134 Å². The molecule has 0 N–H and O–H groups in total. The lowest BCUT2D eigenvalue weighted by Crippen LogP contribution is -1.97. The molecule has 0 saturated carbocycles. The third kappa shape index (κ3) is 11.3. The van der Waals surface area contributed by atoms with Gasteiger partial charge >= 0.3 is 0 Å². The van der Waals surface area contributed by atoms with Crippen molar-refractivity contribution in [1.29, 1.82) is 0 Å². The molecule has 0 nitrogen and oxygen atoms in total. The van der Waals surface area contributed by atoms with E-state index in [0.717, 1.165) is 18.4 Å². The second-order valence-corrected chi connectivity index (χ2v) is 7.84. The van der Waals surface area contributed by atoms with E-state index >= 15 is 0 Å². The lowest BCUT2D eigenvalue weighted by Gasteiger charge is -2.11. The number of hydrogen-bond donors (Lipinski definition) is 0. The third-order valence-corrected chi connectivity index (χ3v) is 5.32. The third-order valence-electron chi connectivity index (χ3n) is 5.32. The largest absolute Gasteiger partial charge is 0.0995 e. The van der Waals surface area contributed by atoms with Crippen LogP contribution in [0.4, 0.5) is 0 Å². The van der Waals surface area contributed by atoms with Crippen molar-refractivity contribution in [2.75, 3.05) is 0 Å². The highest BCUT2D eigenvalue weighted by atomic mass is 14.1. The van der Waals surface area contributed by atoms with Crippen molar-refractivity contribution < 1.29 is 0 Å². The summed E-state index contributed by atoms with van der Waals surface area (Å²) in [5.41, 5.74) is 10.2. The van der Waals surface area contributed by atoms with Crippen molar-refractivity contribution in [3.8, 4) is 11.1 Å². The maximum atomic E-state index is 4.02. The Morgan fingerprint density at radius 2 is 1.31 bits per heavy atom. The van der Waals surface area contributed by atoms with E-state index in [9.17, 15) is 0 Å². The molecular weight excluding hydrogens is 384 g/mol. The van der Waals surface area contributed by atoms with Gasteiger partial charge in [0.2, 0.25) is 0 Å². The summed E-state index contributed by atoms with van der Waals surface area (Å²) in [6.07, 6.45) is 3.42. The minimum absolute atomic E-state index is 0.495. The van der Waals surface area contributed by atoms with Gasteiger partial charge in [-0.05, 0) is 67.3 Å². The molecule has 0 amide bonds. The molecule has 1 unspecified atom stereocenters. The highest BCUT2D eigenvalue weighted by Gasteiger charge is 2.04. The number of benzene rings is 2. The molecule has 0 bridgehead atoms. The van der Waals surface area contributed by atoms with E-state index in [1.54, 1.807) is 0 Å². The van der Waals surface area contributed by atoms with Crippen molar-refractivity contribution >= 4 is 5.57 Å². The van der Waals surface area contributed by atoms with Crippen LogP contribution in [0.2, 0.25) is 0 Å². The fourth-order valence-electron chi connectivity index (χ4n) is 3.13. The maximum absolute atomic E-state index is 4.02. The zero-order chi connectivity index (χ0) is 25.3. The zero-order valence-corrected chi connectivity index (χ0v) is 22.9. The average Bonchev–Trinajstić information content (AvgIpc) is 2.81. The molecule has 0 aliphatic carbocycles. The van der Waals surface area contributed by atoms with Gasteiger partial charge in [-0.15, -0.1) is 0 Å². The van der Waals surface area contributed by atoms with E-state index < -0.39 is 0 Å². The first kappa shape index (κ1) is 31.8. The number of rotatable bonds is 7. The van der Waals surface area contributed by atoms with E-state index in [2.05, 4.69) is 96.8 Å². The van der Waals surface area contributed by atoms with E-state index in [-0.39, 0.29) is 0 Å². The molecule has 178 valence electrons. The summed E-state index contributed by atoms with van der Waals surface area (Å²) in [7, 11) is 0. The Kier molecular flexibility index (Phi) is 18.2. The molecule has 0 aliphatic rings. The molecule has 0 spiro atoms. The number of hydrogen-bond acceptors (Lipinski definition) is 0. The van der Waals surface area contributed by atoms with E-state index in [1.807, 2.05) is 34.6 Å². The molecule has 2 aromatic rings. The van der Waals surface area contributed by atoms with Crippen LogP contribution in [-0.4, -0.2) is 0 Å². The summed E-state index contributed by atoms with van der Waals surface area (Å²) >= 11 is 0. The van der Waals surface area contributed by atoms with E-state index in [1.165, 1.54) is 45.4 Å². The molecule has 0 heteroatoms. The van der Waals surface area contributed by atoms with Crippen LogP contribution in [-0.2, 0) is 6.42 Å². The molecule has 2 aromatic carbocycles. The lowest BCUT2D eigenvalue weighted by molar-refractivity contribution is 0.768. The number of allylic oxidation sites excluding steroid dienone is 3. The van der Waals surface area contributed by atoms with E-state index in [4.69, 9.17) is 0 Å². The Morgan fingerprint density at radius 1 is 0.812 bits per heavy atom. The number of aryl methyl sites for hydroxylation is 2. The Labute approximate surface area is 201 Å². The van der Waals surface area contributed by atoms with Gasteiger partial charge in [0, 0.05) is 0 Å². The fraction of sp³-hybridized carbons (Fsp3) is 0.438. The first-order valence-corrected chi connectivity index (χ1v) is 12.4. The molecular formula is C32H50. The van der Waals surface area contributed by atoms with Crippen molar-refractivity contribution in [1.82, 2.24) is 0 Å². The highest BCUT2D eigenvalue weighted by Crippen LogP contribution is 2.25. The van der Waals surface area contributed by atoms with Gasteiger partial charge in [0.05, 0.1) is 0 Å². The summed E-state index contributed by atoms with van der Waals surface area (Å²) in [6.45, 7) is 32.6. The van der Waals surface area contributed by atoms with Gasteiger partial charge < -0.3 is 0 Å². The minimum Gasteiger partial charge on any atom is -0.0995 e. The van der Waals surface area contributed by atoms with Crippen molar-refractivity contribution in [3.63, 3.8) is 0 Å².